The molecule has 1 amide bonds. The average molecular weight is 406 g/mol. The molecule has 0 saturated heterocycles. The van der Waals surface area contributed by atoms with E-state index in [1.54, 1.807) is 0 Å². The van der Waals surface area contributed by atoms with Gasteiger partial charge >= 0.3 is 0 Å². The zero-order valence-corrected chi connectivity index (χ0v) is 16.8. The van der Waals surface area contributed by atoms with Gasteiger partial charge in [-0.05, 0) is 37.6 Å². The number of carbonyl (C=O) groups excluding carboxylic acids is 1. The van der Waals surface area contributed by atoms with Gasteiger partial charge < -0.3 is 4.90 Å². The van der Waals surface area contributed by atoms with Crippen molar-refractivity contribution < 1.29 is 13.2 Å². The molecular weight excluding hydrogens is 386 g/mol. The molecule has 0 aliphatic heterocycles. The van der Waals surface area contributed by atoms with E-state index in [1.807, 2.05) is 30.3 Å². The first-order valence-electron chi connectivity index (χ1n) is 8.10. The van der Waals surface area contributed by atoms with Crippen LogP contribution in [0.3, 0.4) is 0 Å². The Morgan fingerprint density at radius 3 is 2.37 bits per heavy atom. The molecule has 10 heteroatoms. The van der Waals surface area contributed by atoms with Gasteiger partial charge in [0.2, 0.25) is 19.3 Å². The fourth-order valence-electron chi connectivity index (χ4n) is 2.26. The Balaban J connectivity index is 2.17. The number of nitriles is 1. The van der Waals surface area contributed by atoms with E-state index in [2.05, 4.69) is 34.3 Å². The molecular formula is C17H19N5O3S2. The van der Waals surface area contributed by atoms with Gasteiger partial charge in [-0.25, -0.2) is 8.42 Å². The van der Waals surface area contributed by atoms with Crippen LogP contribution in [-0.4, -0.2) is 43.9 Å². The van der Waals surface area contributed by atoms with Gasteiger partial charge in [-0.2, -0.15) is 5.26 Å². The number of hydrogen-bond donors (Lipinski definition) is 1. The summed E-state index contributed by atoms with van der Waals surface area (Å²) in [6, 6.07) is 9.34. The highest BCUT2D eigenvalue weighted by Crippen LogP contribution is 2.21. The van der Waals surface area contributed by atoms with Crippen molar-refractivity contribution in [3.05, 3.63) is 35.4 Å². The Morgan fingerprint density at radius 1 is 1.26 bits per heavy atom. The van der Waals surface area contributed by atoms with Crippen LogP contribution in [-0.2, 0) is 14.6 Å². The smallest absolute Gasteiger partial charge is 0.268 e. The van der Waals surface area contributed by atoms with Crippen LogP contribution in [0.2, 0.25) is 0 Å². The minimum atomic E-state index is -3.50. The predicted octanol–water partition coefficient (Wildman–Crippen LogP) is 2.33. The highest BCUT2D eigenvalue weighted by molar-refractivity contribution is 7.92. The van der Waals surface area contributed by atoms with Crippen LogP contribution >= 0.6 is 11.3 Å². The fourth-order valence-corrected chi connectivity index (χ4v) is 3.76. The monoisotopic (exact) mass is 405 g/mol. The molecule has 0 unspecified atom stereocenters. The maximum absolute atomic E-state index is 12.3. The number of benzene rings is 1. The summed E-state index contributed by atoms with van der Waals surface area (Å²) in [5.41, 5.74) is 1.63. The Kier molecular flexibility index (Phi) is 6.65. The van der Waals surface area contributed by atoms with Gasteiger partial charge in [0.05, 0.1) is 0 Å². The molecule has 0 bridgehead atoms. The third-order valence-electron chi connectivity index (χ3n) is 3.64. The number of nitrogens with one attached hydrogen (secondary N) is 1. The predicted molar refractivity (Wildman–Crippen MR) is 105 cm³/mol. The summed E-state index contributed by atoms with van der Waals surface area (Å²) in [5, 5.41) is 18.8. The van der Waals surface area contributed by atoms with Gasteiger partial charge in [0, 0.05) is 25.0 Å². The zero-order chi connectivity index (χ0) is 20.0. The third-order valence-corrected chi connectivity index (χ3v) is 6.15. The highest BCUT2D eigenvalue weighted by atomic mass is 32.2. The minimum absolute atomic E-state index is 0.0125. The second-order valence-electron chi connectivity index (χ2n) is 5.53. The number of hydrogen-bond acceptors (Lipinski definition) is 8. The third kappa shape index (κ3) is 5.35. The van der Waals surface area contributed by atoms with Crippen molar-refractivity contribution in [3.8, 4) is 6.07 Å². The van der Waals surface area contributed by atoms with Crippen molar-refractivity contribution in [1.82, 2.24) is 10.2 Å². The molecule has 0 aliphatic carbocycles. The second-order valence-corrected chi connectivity index (χ2v) is 8.70. The van der Waals surface area contributed by atoms with E-state index in [9.17, 15) is 18.5 Å². The van der Waals surface area contributed by atoms with E-state index in [0.717, 1.165) is 36.4 Å². The molecule has 0 spiro atoms. The van der Waals surface area contributed by atoms with Crippen LogP contribution < -0.4 is 10.2 Å². The van der Waals surface area contributed by atoms with Crippen LogP contribution in [0.15, 0.2) is 34.2 Å². The number of anilines is 2. The molecule has 8 nitrogen and oxygen atoms in total. The standard InChI is InChI=1S/C17H19N5O3S2/c1-4-22(5-2)14-8-6-12(7-9-14)10-13(11-18)15(23)19-16-20-21-17(26-16)27(3,24)25/h6-10H,4-5H2,1-3H3,(H,19,20,23)/b13-10-. The summed E-state index contributed by atoms with van der Waals surface area (Å²) in [6.07, 6.45) is 2.46. The first kappa shape index (κ1) is 20.5. The molecule has 0 saturated carbocycles. The molecule has 2 rings (SSSR count). The number of nitrogens with zero attached hydrogens (tertiary/aromatic N) is 4. The molecule has 0 fully saturated rings. The molecule has 1 aromatic carbocycles. The highest BCUT2D eigenvalue weighted by Gasteiger charge is 2.17. The summed E-state index contributed by atoms with van der Waals surface area (Å²) < 4.78 is 22.6. The molecule has 1 aromatic heterocycles. The lowest BCUT2D eigenvalue weighted by atomic mass is 10.1. The van der Waals surface area contributed by atoms with Crippen molar-refractivity contribution in [1.29, 1.82) is 5.26 Å². The normalized spacial score (nSPS) is 11.7. The van der Waals surface area contributed by atoms with Crippen LogP contribution in [0, 0.1) is 11.3 Å². The molecule has 0 aliphatic rings. The molecule has 142 valence electrons. The van der Waals surface area contributed by atoms with Gasteiger partial charge in [0.25, 0.3) is 5.91 Å². The van der Waals surface area contributed by atoms with Crippen molar-refractivity contribution in [2.75, 3.05) is 29.6 Å². The van der Waals surface area contributed by atoms with Crippen molar-refractivity contribution in [2.24, 2.45) is 0 Å². The summed E-state index contributed by atoms with van der Waals surface area (Å²) in [4.78, 5) is 14.4. The van der Waals surface area contributed by atoms with Crippen LogP contribution in [0.1, 0.15) is 19.4 Å². The molecule has 27 heavy (non-hydrogen) atoms. The first-order valence-corrected chi connectivity index (χ1v) is 10.8. The van der Waals surface area contributed by atoms with Gasteiger partial charge in [-0.15, -0.1) is 10.2 Å². The molecule has 2 aromatic rings. The lowest BCUT2D eigenvalue weighted by Gasteiger charge is -2.20. The van der Waals surface area contributed by atoms with Crippen molar-refractivity contribution in [3.63, 3.8) is 0 Å². The fraction of sp³-hybridized carbons (Fsp3) is 0.294. The topological polar surface area (TPSA) is 116 Å². The van der Waals surface area contributed by atoms with E-state index in [1.165, 1.54) is 6.08 Å². The molecule has 0 atom stereocenters. The minimum Gasteiger partial charge on any atom is -0.372 e. The number of carbonyl (C=O) groups is 1. The summed E-state index contributed by atoms with van der Waals surface area (Å²) in [7, 11) is -3.50. The van der Waals surface area contributed by atoms with Gasteiger partial charge in [-0.3, -0.25) is 10.1 Å². The lowest BCUT2D eigenvalue weighted by Crippen LogP contribution is -2.21. The average Bonchev–Trinajstić information content (AvgIpc) is 3.10. The van der Waals surface area contributed by atoms with Gasteiger partial charge in [-0.1, -0.05) is 23.5 Å². The maximum Gasteiger partial charge on any atom is 0.268 e. The number of sulfone groups is 1. The van der Waals surface area contributed by atoms with E-state index < -0.39 is 15.7 Å². The second kappa shape index (κ2) is 8.75. The number of aromatic nitrogens is 2. The summed E-state index contributed by atoms with van der Waals surface area (Å²) in [6.45, 7) is 5.90. The van der Waals surface area contributed by atoms with E-state index in [-0.39, 0.29) is 15.0 Å². The van der Waals surface area contributed by atoms with E-state index in [0.29, 0.717) is 5.56 Å². The quantitative estimate of drug-likeness (QED) is 0.427. The Bertz CT molecular complexity index is 984. The lowest BCUT2D eigenvalue weighted by molar-refractivity contribution is -0.112. The maximum atomic E-state index is 12.3. The Morgan fingerprint density at radius 2 is 1.89 bits per heavy atom. The summed E-state index contributed by atoms with van der Waals surface area (Å²) in [5.74, 6) is -0.679. The zero-order valence-electron chi connectivity index (χ0n) is 15.1. The van der Waals surface area contributed by atoms with Gasteiger partial charge in [0.1, 0.15) is 11.6 Å². The van der Waals surface area contributed by atoms with Crippen LogP contribution in [0.4, 0.5) is 10.8 Å². The van der Waals surface area contributed by atoms with Crippen LogP contribution in [0.25, 0.3) is 6.08 Å². The Hall–Kier alpha value is -2.77. The van der Waals surface area contributed by atoms with E-state index >= 15 is 0 Å². The summed E-state index contributed by atoms with van der Waals surface area (Å²) >= 11 is 0.728. The largest absolute Gasteiger partial charge is 0.372 e. The van der Waals surface area contributed by atoms with Crippen molar-refractivity contribution in [2.45, 2.75) is 18.2 Å². The molecule has 1 N–H and O–H groups in total. The van der Waals surface area contributed by atoms with Gasteiger partial charge in [0.15, 0.2) is 0 Å². The number of rotatable bonds is 7. The van der Waals surface area contributed by atoms with Crippen LogP contribution in [0.5, 0.6) is 0 Å². The molecule has 1 heterocycles. The SMILES string of the molecule is CCN(CC)c1ccc(/C=C(/C#N)C(=O)Nc2nnc(S(C)(=O)=O)s2)cc1. The first-order chi connectivity index (χ1) is 12.8. The number of amides is 1. The Labute approximate surface area is 162 Å². The van der Waals surface area contributed by atoms with Crippen molar-refractivity contribution >= 4 is 44.0 Å². The molecule has 0 radical (unpaired) electrons. The van der Waals surface area contributed by atoms with E-state index in [4.69, 9.17) is 0 Å².